The molecule has 1 fully saturated rings. The number of hydrogen-bond acceptors (Lipinski definition) is 5. The van der Waals surface area contributed by atoms with Crippen LogP contribution in [0.2, 0.25) is 5.02 Å². The fraction of sp³-hybridized carbons (Fsp3) is 0.545. The van der Waals surface area contributed by atoms with E-state index in [1.165, 1.54) is 0 Å². The Labute approximate surface area is 111 Å². The molecule has 1 aromatic heterocycles. The molecular formula is C11H16ClN5O. The van der Waals surface area contributed by atoms with E-state index in [1.807, 2.05) is 0 Å². The molecule has 1 aliphatic rings. The highest BCUT2D eigenvalue weighted by Crippen LogP contribution is 2.21. The van der Waals surface area contributed by atoms with E-state index in [0.717, 1.165) is 13.0 Å². The lowest BCUT2D eigenvalue weighted by Gasteiger charge is -2.13. The molecule has 98 valence electrons. The molecule has 1 aliphatic heterocycles. The van der Waals surface area contributed by atoms with Crippen LogP contribution in [0, 0.1) is 0 Å². The Morgan fingerprint density at radius 1 is 1.61 bits per heavy atom. The maximum Gasteiger partial charge on any atom is 0.224 e. The van der Waals surface area contributed by atoms with Gasteiger partial charge in [0.15, 0.2) is 5.82 Å². The summed E-state index contributed by atoms with van der Waals surface area (Å²) < 4.78 is 0. The minimum Gasteiger partial charge on any atom is -0.364 e. The maximum absolute atomic E-state index is 11.1. The third kappa shape index (κ3) is 3.22. The summed E-state index contributed by atoms with van der Waals surface area (Å²) in [7, 11) is 0. The molecule has 0 saturated carbocycles. The van der Waals surface area contributed by atoms with Gasteiger partial charge in [0.25, 0.3) is 0 Å². The highest BCUT2D eigenvalue weighted by Gasteiger charge is 2.22. The molecule has 1 unspecified atom stereocenters. The molecule has 7 heteroatoms. The van der Waals surface area contributed by atoms with Gasteiger partial charge in [-0.05, 0) is 6.42 Å². The van der Waals surface area contributed by atoms with Gasteiger partial charge in [-0.2, -0.15) is 4.98 Å². The zero-order valence-corrected chi connectivity index (χ0v) is 10.9. The minimum absolute atomic E-state index is 0.0314. The van der Waals surface area contributed by atoms with E-state index < -0.39 is 0 Å². The van der Waals surface area contributed by atoms with Gasteiger partial charge >= 0.3 is 0 Å². The summed E-state index contributed by atoms with van der Waals surface area (Å²) in [5, 5.41) is 9.45. The van der Waals surface area contributed by atoms with E-state index in [1.54, 1.807) is 6.20 Å². The van der Waals surface area contributed by atoms with E-state index in [0.29, 0.717) is 29.8 Å². The van der Waals surface area contributed by atoms with Crippen molar-refractivity contribution < 1.29 is 4.79 Å². The standard InChI is InChI=1S/C11H16ClN5O/c1-2-3-13-11-15-6-8(12)10(17-11)16-7-4-9(18)14-5-7/h6-7H,2-5H2,1H3,(H,14,18)(H2,13,15,16,17). The summed E-state index contributed by atoms with van der Waals surface area (Å²) >= 11 is 6.02. The summed E-state index contributed by atoms with van der Waals surface area (Å²) in [5.41, 5.74) is 0. The van der Waals surface area contributed by atoms with Crippen molar-refractivity contribution in [1.29, 1.82) is 0 Å². The van der Waals surface area contributed by atoms with Crippen LogP contribution in [-0.4, -0.2) is 35.0 Å². The molecule has 0 radical (unpaired) electrons. The molecule has 18 heavy (non-hydrogen) atoms. The van der Waals surface area contributed by atoms with Gasteiger partial charge in [-0.15, -0.1) is 0 Å². The molecule has 0 aliphatic carbocycles. The van der Waals surface area contributed by atoms with Gasteiger partial charge in [0, 0.05) is 19.5 Å². The van der Waals surface area contributed by atoms with Gasteiger partial charge < -0.3 is 16.0 Å². The fourth-order valence-electron chi connectivity index (χ4n) is 1.69. The molecular weight excluding hydrogens is 254 g/mol. The second-order valence-corrected chi connectivity index (χ2v) is 4.57. The Morgan fingerprint density at radius 3 is 3.11 bits per heavy atom. The number of carbonyl (C=O) groups excluding carboxylic acids is 1. The van der Waals surface area contributed by atoms with Crippen molar-refractivity contribution >= 4 is 29.3 Å². The quantitative estimate of drug-likeness (QED) is 0.750. The second-order valence-electron chi connectivity index (χ2n) is 4.17. The molecule has 2 heterocycles. The zero-order chi connectivity index (χ0) is 13.0. The minimum atomic E-state index is 0.0314. The van der Waals surface area contributed by atoms with E-state index in [-0.39, 0.29) is 11.9 Å². The first kappa shape index (κ1) is 12.9. The van der Waals surface area contributed by atoms with Crippen LogP contribution in [-0.2, 0) is 4.79 Å². The molecule has 2 rings (SSSR count). The summed E-state index contributed by atoms with van der Waals surface area (Å²) in [4.78, 5) is 19.5. The topological polar surface area (TPSA) is 78.9 Å². The highest BCUT2D eigenvalue weighted by atomic mass is 35.5. The monoisotopic (exact) mass is 269 g/mol. The predicted molar refractivity (Wildman–Crippen MR) is 70.9 cm³/mol. The third-order valence-corrected chi connectivity index (χ3v) is 2.87. The lowest BCUT2D eigenvalue weighted by atomic mass is 10.2. The van der Waals surface area contributed by atoms with Crippen LogP contribution >= 0.6 is 11.6 Å². The van der Waals surface area contributed by atoms with Crippen LogP contribution in [0.1, 0.15) is 19.8 Å². The Morgan fingerprint density at radius 2 is 2.44 bits per heavy atom. The Bertz CT molecular complexity index is 439. The number of carbonyl (C=O) groups is 1. The van der Waals surface area contributed by atoms with Gasteiger partial charge in [0.05, 0.1) is 12.2 Å². The zero-order valence-electron chi connectivity index (χ0n) is 10.2. The van der Waals surface area contributed by atoms with E-state index in [9.17, 15) is 4.79 Å². The molecule has 6 nitrogen and oxygen atoms in total. The van der Waals surface area contributed by atoms with Crippen molar-refractivity contribution in [1.82, 2.24) is 15.3 Å². The van der Waals surface area contributed by atoms with Gasteiger partial charge in [0.1, 0.15) is 5.02 Å². The Kier molecular flexibility index (Phi) is 4.19. The molecule has 1 amide bonds. The second kappa shape index (κ2) is 5.86. The average Bonchev–Trinajstić information content (AvgIpc) is 2.76. The van der Waals surface area contributed by atoms with Crippen LogP contribution in [0.5, 0.6) is 0 Å². The summed E-state index contributed by atoms with van der Waals surface area (Å²) in [6.07, 6.45) is 2.99. The van der Waals surface area contributed by atoms with Gasteiger partial charge in [-0.1, -0.05) is 18.5 Å². The number of anilines is 2. The van der Waals surface area contributed by atoms with E-state index >= 15 is 0 Å². The van der Waals surface area contributed by atoms with Crippen LogP contribution in [0.4, 0.5) is 11.8 Å². The maximum atomic E-state index is 11.1. The molecule has 1 atom stereocenters. The smallest absolute Gasteiger partial charge is 0.224 e. The van der Waals surface area contributed by atoms with Crippen molar-refractivity contribution in [3.05, 3.63) is 11.2 Å². The SMILES string of the molecule is CCCNc1ncc(Cl)c(NC2CNC(=O)C2)n1. The largest absolute Gasteiger partial charge is 0.364 e. The number of amides is 1. The molecule has 0 aromatic carbocycles. The van der Waals surface area contributed by atoms with Crippen LogP contribution < -0.4 is 16.0 Å². The number of rotatable bonds is 5. The number of nitrogens with one attached hydrogen (secondary N) is 3. The van der Waals surface area contributed by atoms with Gasteiger partial charge in [-0.3, -0.25) is 4.79 Å². The Balaban J connectivity index is 2.03. The van der Waals surface area contributed by atoms with Crippen molar-refractivity contribution in [3.63, 3.8) is 0 Å². The Hall–Kier alpha value is -1.56. The lowest BCUT2D eigenvalue weighted by molar-refractivity contribution is -0.119. The normalized spacial score (nSPS) is 18.6. The van der Waals surface area contributed by atoms with E-state index in [4.69, 9.17) is 11.6 Å². The lowest BCUT2D eigenvalue weighted by Crippen LogP contribution is -2.23. The van der Waals surface area contributed by atoms with Crippen molar-refractivity contribution in [3.8, 4) is 0 Å². The number of halogens is 1. The molecule has 1 aromatic rings. The van der Waals surface area contributed by atoms with E-state index in [2.05, 4.69) is 32.8 Å². The van der Waals surface area contributed by atoms with Crippen LogP contribution in [0.3, 0.4) is 0 Å². The predicted octanol–water partition coefficient (Wildman–Crippen LogP) is 1.25. The highest BCUT2D eigenvalue weighted by molar-refractivity contribution is 6.32. The van der Waals surface area contributed by atoms with Crippen LogP contribution in [0.25, 0.3) is 0 Å². The number of nitrogens with zero attached hydrogens (tertiary/aromatic N) is 2. The number of hydrogen-bond donors (Lipinski definition) is 3. The van der Waals surface area contributed by atoms with Crippen LogP contribution in [0.15, 0.2) is 6.20 Å². The first-order valence-electron chi connectivity index (χ1n) is 5.98. The summed E-state index contributed by atoms with van der Waals surface area (Å²) in [6, 6.07) is 0.0314. The molecule has 0 spiro atoms. The molecule has 0 bridgehead atoms. The van der Waals surface area contributed by atoms with Gasteiger partial charge in [0.2, 0.25) is 11.9 Å². The summed E-state index contributed by atoms with van der Waals surface area (Å²) in [6.45, 7) is 3.47. The summed E-state index contributed by atoms with van der Waals surface area (Å²) in [5.74, 6) is 1.15. The van der Waals surface area contributed by atoms with Gasteiger partial charge in [-0.25, -0.2) is 4.98 Å². The third-order valence-electron chi connectivity index (χ3n) is 2.60. The molecule has 1 saturated heterocycles. The van der Waals surface area contributed by atoms with Crippen molar-refractivity contribution in [2.24, 2.45) is 0 Å². The van der Waals surface area contributed by atoms with Crippen molar-refractivity contribution in [2.75, 3.05) is 23.7 Å². The first-order valence-corrected chi connectivity index (χ1v) is 6.36. The van der Waals surface area contributed by atoms with Crippen molar-refractivity contribution in [2.45, 2.75) is 25.8 Å². The first-order chi connectivity index (χ1) is 8.69. The fourth-order valence-corrected chi connectivity index (χ4v) is 1.84. The average molecular weight is 270 g/mol. The number of aromatic nitrogens is 2. The molecule has 3 N–H and O–H groups in total.